The number of hydrogen-bond acceptors (Lipinski definition) is 4. The average molecular weight is 307 g/mol. The van der Waals surface area contributed by atoms with E-state index in [2.05, 4.69) is 10.3 Å². The van der Waals surface area contributed by atoms with Crippen molar-refractivity contribution in [2.75, 3.05) is 6.54 Å². The number of thiazole rings is 1. The van der Waals surface area contributed by atoms with E-state index in [1.165, 1.54) is 0 Å². The van der Waals surface area contributed by atoms with Gasteiger partial charge in [-0.3, -0.25) is 9.59 Å². The first kappa shape index (κ1) is 14.5. The van der Waals surface area contributed by atoms with Gasteiger partial charge < -0.3 is 10.2 Å². The Balaban J connectivity index is 1.63. The zero-order chi connectivity index (χ0) is 14.7. The fourth-order valence-electron chi connectivity index (χ4n) is 3.44. The van der Waals surface area contributed by atoms with Crippen molar-refractivity contribution >= 4 is 23.2 Å². The minimum atomic E-state index is -0.0548. The molecule has 1 aromatic heterocycles. The Morgan fingerprint density at radius 1 is 1.38 bits per heavy atom. The van der Waals surface area contributed by atoms with Crippen LogP contribution in [0.5, 0.6) is 0 Å². The Bertz CT molecular complexity index is 503. The molecular weight excluding hydrogens is 286 g/mol. The summed E-state index contributed by atoms with van der Waals surface area (Å²) >= 11 is 1.55. The summed E-state index contributed by atoms with van der Waals surface area (Å²) in [7, 11) is 0. The van der Waals surface area contributed by atoms with Gasteiger partial charge in [0.25, 0.3) is 0 Å². The Hall–Kier alpha value is -1.43. The number of nitrogens with one attached hydrogen (secondary N) is 1. The van der Waals surface area contributed by atoms with Gasteiger partial charge in [0.15, 0.2) is 0 Å². The maximum atomic E-state index is 12.5. The van der Waals surface area contributed by atoms with E-state index >= 15 is 0 Å². The summed E-state index contributed by atoms with van der Waals surface area (Å²) in [5.74, 6) is 0.245. The lowest BCUT2D eigenvalue weighted by molar-refractivity contribution is -0.135. The first-order valence-electron chi connectivity index (χ1n) is 7.71. The molecule has 1 saturated heterocycles. The van der Waals surface area contributed by atoms with Crippen molar-refractivity contribution in [2.45, 2.75) is 51.1 Å². The molecule has 2 fully saturated rings. The standard InChI is InChI=1S/C15H21N3O2S/c19-14-6-3-8-18(14)12-5-2-1-4-11(12)15(20)17-10-13-16-7-9-21-13/h7,9,11-12H,1-6,8,10H2,(H,17,20)/t11-,12+/m1/s1. The van der Waals surface area contributed by atoms with Gasteiger partial charge in [0.05, 0.1) is 12.5 Å². The zero-order valence-corrected chi connectivity index (χ0v) is 12.9. The van der Waals surface area contributed by atoms with Gasteiger partial charge in [0.2, 0.25) is 11.8 Å². The number of aromatic nitrogens is 1. The van der Waals surface area contributed by atoms with Crippen LogP contribution in [-0.2, 0) is 16.1 Å². The molecule has 1 aliphatic heterocycles. The topological polar surface area (TPSA) is 62.3 Å². The van der Waals surface area contributed by atoms with Gasteiger partial charge >= 0.3 is 0 Å². The summed E-state index contributed by atoms with van der Waals surface area (Å²) in [5, 5.41) is 5.83. The molecular formula is C15H21N3O2S. The molecule has 2 aliphatic rings. The maximum Gasteiger partial charge on any atom is 0.225 e. The van der Waals surface area contributed by atoms with Gasteiger partial charge in [-0.15, -0.1) is 11.3 Å². The summed E-state index contributed by atoms with van der Waals surface area (Å²) in [5.41, 5.74) is 0. The molecule has 0 unspecified atom stereocenters. The highest BCUT2D eigenvalue weighted by Crippen LogP contribution is 2.31. The van der Waals surface area contributed by atoms with E-state index in [-0.39, 0.29) is 23.8 Å². The average Bonchev–Trinajstić information content (AvgIpc) is 3.16. The highest BCUT2D eigenvalue weighted by Gasteiger charge is 2.38. The van der Waals surface area contributed by atoms with Crippen LogP contribution in [0.4, 0.5) is 0 Å². The van der Waals surface area contributed by atoms with Crippen molar-refractivity contribution in [1.29, 1.82) is 0 Å². The van der Waals surface area contributed by atoms with Crippen LogP contribution in [0.25, 0.3) is 0 Å². The third-order valence-electron chi connectivity index (χ3n) is 4.47. The predicted octanol–water partition coefficient (Wildman–Crippen LogP) is 1.94. The Morgan fingerprint density at radius 3 is 2.95 bits per heavy atom. The number of nitrogens with zero attached hydrogens (tertiary/aromatic N) is 2. The maximum absolute atomic E-state index is 12.5. The van der Waals surface area contributed by atoms with E-state index in [1.807, 2.05) is 10.3 Å². The van der Waals surface area contributed by atoms with Crippen LogP contribution in [0.15, 0.2) is 11.6 Å². The molecule has 1 aliphatic carbocycles. The van der Waals surface area contributed by atoms with Gasteiger partial charge in [-0.05, 0) is 19.3 Å². The van der Waals surface area contributed by atoms with Crippen LogP contribution in [0.3, 0.4) is 0 Å². The summed E-state index contributed by atoms with van der Waals surface area (Å²) in [6.07, 6.45) is 7.36. The number of carbonyl (C=O) groups excluding carboxylic acids is 2. The molecule has 114 valence electrons. The van der Waals surface area contributed by atoms with Gasteiger partial charge in [0.1, 0.15) is 5.01 Å². The molecule has 1 aromatic rings. The molecule has 2 heterocycles. The number of rotatable bonds is 4. The molecule has 2 amide bonds. The van der Waals surface area contributed by atoms with E-state index in [9.17, 15) is 9.59 Å². The fraction of sp³-hybridized carbons (Fsp3) is 0.667. The lowest BCUT2D eigenvalue weighted by Gasteiger charge is -2.37. The third kappa shape index (κ3) is 3.26. The van der Waals surface area contributed by atoms with E-state index in [1.54, 1.807) is 17.5 Å². The van der Waals surface area contributed by atoms with Gasteiger partial charge in [-0.25, -0.2) is 4.98 Å². The van der Waals surface area contributed by atoms with Crippen molar-refractivity contribution in [3.05, 3.63) is 16.6 Å². The monoisotopic (exact) mass is 307 g/mol. The van der Waals surface area contributed by atoms with Gasteiger partial charge in [-0.1, -0.05) is 12.8 Å². The van der Waals surface area contributed by atoms with Crippen LogP contribution in [0, 0.1) is 5.92 Å². The second kappa shape index (κ2) is 6.56. The quantitative estimate of drug-likeness (QED) is 0.924. The summed E-state index contributed by atoms with van der Waals surface area (Å²) in [6.45, 7) is 1.31. The molecule has 3 rings (SSSR count). The molecule has 1 saturated carbocycles. The Morgan fingerprint density at radius 2 is 2.24 bits per heavy atom. The second-order valence-corrected chi connectivity index (χ2v) is 6.77. The van der Waals surface area contributed by atoms with Gasteiger partial charge in [-0.2, -0.15) is 0 Å². The minimum Gasteiger partial charge on any atom is -0.349 e. The number of hydrogen-bond donors (Lipinski definition) is 1. The predicted molar refractivity (Wildman–Crippen MR) is 80.7 cm³/mol. The minimum absolute atomic E-state index is 0.0548. The van der Waals surface area contributed by atoms with Crippen LogP contribution in [0.2, 0.25) is 0 Å². The van der Waals surface area contributed by atoms with Crippen LogP contribution in [0.1, 0.15) is 43.5 Å². The normalized spacial score (nSPS) is 26.1. The zero-order valence-electron chi connectivity index (χ0n) is 12.1. The van der Waals surface area contributed by atoms with E-state index in [0.29, 0.717) is 13.0 Å². The molecule has 5 nitrogen and oxygen atoms in total. The molecule has 1 N–H and O–H groups in total. The molecule has 0 spiro atoms. The summed E-state index contributed by atoms with van der Waals surface area (Å²) in [6, 6.07) is 0.102. The van der Waals surface area contributed by atoms with Crippen LogP contribution >= 0.6 is 11.3 Å². The Kier molecular flexibility index (Phi) is 4.53. The van der Waals surface area contributed by atoms with Crippen molar-refractivity contribution in [3.63, 3.8) is 0 Å². The largest absolute Gasteiger partial charge is 0.349 e. The molecule has 0 bridgehead atoms. The number of likely N-dealkylation sites (tertiary alicyclic amines) is 1. The summed E-state index contributed by atoms with van der Waals surface area (Å²) in [4.78, 5) is 30.6. The molecule has 0 radical (unpaired) electrons. The number of carbonyl (C=O) groups is 2. The first-order chi connectivity index (χ1) is 10.3. The van der Waals surface area contributed by atoms with Crippen molar-refractivity contribution in [3.8, 4) is 0 Å². The van der Waals surface area contributed by atoms with Gasteiger partial charge in [0, 0.05) is 30.6 Å². The van der Waals surface area contributed by atoms with Crippen molar-refractivity contribution < 1.29 is 9.59 Å². The number of amides is 2. The third-order valence-corrected chi connectivity index (χ3v) is 5.25. The van der Waals surface area contributed by atoms with Crippen molar-refractivity contribution in [2.24, 2.45) is 5.92 Å². The Labute approximate surface area is 128 Å². The van der Waals surface area contributed by atoms with Crippen molar-refractivity contribution in [1.82, 2.24) is 15.2 Å². The molecule has 6 heteroatoms. The SMILES string of the molecule is O=C(NCc1nccs1)[C@@H]1CCCC[C@@H]1N1CCCC1=O. The van der Waals surface area contributed by atoms with E-state index in [4.69, 9.17) is 0 Å². The summed E-state index contributed by atoms with van der Waals surface area (Å²) < 4.78 is 0. The second-order valence-electron chi connectivity index (χ2n) is 5.79. The lowest BCUT2D eigenvalue weighted by Crippen LogP contribution is -2.48. The first-order valence-corrected chi connectivity index (χ1v) is 8.59. The van der Waals surface area contributed by atoms with E-state index in [0.717, 1.165) is 43.7 Å². The lowest BCUT2D eigenvalue weighted by atomic mass is 9.83. The fourth-order valence-corrected chi connectivity index (χ4v) is 4.00. The molecule has 2 atom stereocenters. The van der Waals surface area contributed by atoms with Crippen LogP contribution in [-0.4, -0.2) is 34.3 Å². The van der Waals surface area contributed by atoms with E-state index < -0.39 is 0 Å². The molecule has 21 heavy (non-hydrogen) atoms. The molecule has 0 aromatic carbocycles. The smallest absolute Gasteiger partial charge is 0.225 e. The van der Waals surface area contributed by atoms with Crippen LogP contribution < -0.4 is 5.32 Å². The highest BCUT2D eigenvalue weighted by molar-refractivity contribution is 7.09. The highest BCUT2D eigenvalue weighted by atomic mass is 32.1.